The van der Waals surface area contributed by atoms with Crippen molar-refractivity contribution in [1.82, 2.24) is 31.9 Å². The van der Waals surface area contributed by atoms with Gasteiger partial charge in [0.1, 0.15) is 42.0 Å². The molecule has 1 saturated carbocycles. The summed E-state index contributed by atoms with van der Waals surface area (Å²) in [5, 5.41) is 43.1. The molecule has 21 heteroatoms. The van der Waals surface area contributed by atoms with Gasteiger partial charge in [-0.15, -0.1) is 0 Å². The Morgan fingerprint density at radius 2 is 1.00 bits per heavy atom. The lowest BCUT2D eigenvalue weighted by atomic mass is 9.84. The minimum absolute atomic E-state index is 0.0420. The number of ketones is 1. The summed E-state index contributed by atoms with van der Waals surface area (Å²) >= 11 is 0. The second kappa shape index (κ2) is 26.9. The maximum atomic E-state index is 14.8. The molecule has 0 aromatic heterocycles. The Labute approximate surface area is 379 Å². The molecule has 1 aliphatic carbocycles. The summed E-state index contributed by atoms with van der Waals surface area (Å²) in [5.41, 5.74) is 0.880. The van der Waals surface area contributed by atoms with E-state index in [9.17, 15) is 72.0 Å². The van der Waals surface area contributed by atoms with Crippen molar-refractivity contribution in [2.45, 2.75) is 139 Å². The van der Waals surface area contributed by atoms with Crippen molar-refractivity contribution >= 4 is 59.1 Å². The zero-order chi connectivity index (χ0) is 48.9. The van der Waals surface area contributed by atoms with E-state index in [1.54, 1.807) is 60.7 Å². The summed E-state index contributed by atoms with van der Waals surface area (Å²) in [4.78, 5) is 130. The summed E-state index contributed by atoms with van der Waals surface area (Å²) in [6.07, 6.45) is -3.57. The molecule has 6 amide bonds. The van der Waals surface area contributed by atoms with Crippen LogP contribution in [0.3, 0.4) is 0 Å². The zero-order valence-electron chi connectivity index (χ0n) is 36.6. The molecule has 0 bridgehead atoms. The maximum Gasteiger partial charge on any atom is 0.326 e. The molecule has 0 heterocycles. The monoisotopic (exact) mass is 928 g/mol. The first-order chi connectivity index (χ1) is 31.2. The van der Waals surface area contributed by atoms with Crippen molar-refractivity contribution in [2.24, 2.45) is 5.92 Å². The highest BCUT2D eigenvalue weighted by atomic mass is 19.3. The topological polar surface area (TPSA) is 304 Å². The number of benzene rings is 2. The van der Waals surface area contributed by atoms with E-state index in [4.69, 9.17) is 0 Å². The van der Waals surface area contributed by atoms with Gasteiger partial charge in [-0.25, -0.2) is 13.6 Å². The van der Waals surface area contributed by atoms with Crippen LogP contribution < -0.4 is 31.9 Å². The number of Topliss-reactive ketones (excluding diaryl/α,β-unsaturated/α-hetero) is 1. The van der Waals surface area contributed by atoms with Crippen molar-refractivity contribution in [2.75, 3.05) is 0 Å². The van der Waals surface area contributed by atoms with E-state index >= 15 is 0 Å². The molecule has 0 spiro atoms. The number of hydrogen-bond acceptors (Lipinski definition) is 10. The maximum absolute atomic E-state index is 14.8. The van der Waals surface area contributed by atoms with E-state index in [2.05, 4.69) is 31.9 Å². The van der Waals surface area contributed by atoms with Gasteiger partial charge in [0.2, 0.25) is 41.9 Å². The molecule has 360 valence electrons. The van der Waals surface area contributed by atoms with E-state index in [0.29, 0.717) is 24.0 Å². The highest BCUT2D eigenvalue weighted by Gasteiger charge is 2.39. The zero-order valence-corrected chi connectivity index (χ0v) is 36.6. The standard InChI is InChI=1S/C45H58F2N6O13/c1-25(54)22-32(48-26(2)55)42(62)49-31(19-21-37(58)59)41(61)53-39(38(28-14-8-4-9-15-28)29-16-10-5-11-17-29)44(64)50-30(18-20-36(56)57)40(60)51-33(23-27-12-6-3-7-13-27)43(63)52-34(45(65)66)24-35(46)47/h4-5,8-11,14-17,27,30-35,38-39H,3,6-7,12-13,18-24H2,1-2H3,(H,48,55)(H,49,62)(H,50,64)(H,51,60)(H,52,63)(H,53,61)(H,56,57)(H,58,59)(H,65,66)/t30-,31-,32?,33?,34-,39?/m0/s1. The molecule has 0 aliphatic heterocycles. The second-order valence-electron chi connectivity index (χ2n) is 16.3. The van der Waals surface area contributed by atoms with Crippen molar-refractivity contribution in [1.29, 1.82) is 0 Å². The molecule has 66 heavy (non-hydrogen) atoms. The third-order valence-electron chi connectivity index (χ3n) is 10.9. The molecule has 0 radical (unpaired) electrons. The summed E-state index contributed by atoms with van der Waals surface area (Å²) in [7, 11) is 0. The van der Waals surface area contributed by atoms with Gasteiger partial charge in [0.05, 0.1) is 0 Å². The lowest BCUT2D eigenvalue weighted by Gasteiger charge is -2.32. The Bertz CT molecular complexity index is 1960. The average Bonchev–Trinajstić information content (AvgIpc) is 3.25. The smallest absolute Gasteiger partial charge is 0.326 e. The number of rotatable bonds is 27. The molecule has 1 fully saturated rings. The normalized spacial score (nSPS) is 15.4. The third-order valence-corrected chi connectivity index (χ3v) is 10.9. The molecular formula is C45H58F2N6O13. The first kappa shape index (κ1) is 53.5. The van der Waals surface area contributed by atoms with Crippen LogP contribution in [0.4, 0.5) is 8.78 Å². The fourth-order valence-corrected chi connectivity index (χ4v) is 7.73. The number of carbonyl (C=O) groups is 10. The van der Waals surface area contributed by atoms with Crippen LogP contribution in [-0.2, 0) is 47.9 Å². The quantitative estimate of drug-likeness (QED) is 0.0622. The number of halogens is 2. The van der Waals surface area contributed by atoms with Crippen LogP contribution in [0, 0.1) is 5.92 Å². The summed E-state index contributed by atoms with van der Waals surface area (Å²) < 4.78 is 26.6. The Balaban J connectivity index is 2.11. The van der Waals surface area contributed by atoms with Gasteiger partial charge in [0, 0.05) is 38.5 Å². The number of alkyl halides is 2. The minimum atomic E-state index is -3.10. The number of carboxylic acid groups (broad SMARTS) is 3. The second-order valence-corrected chi connectivity index (χ2v) is 16.3. The summed E-state index contributed by atoms with van der Waals surface area (Å²) in [6, 6.07) is 6.34. The highest BCUT2D eigenvalue weighted by Crippen LogP contribution is 2.30. The highest BCUT2D eigenvalue weighted by molar-refractivity contribution is 5.98. The van der Waals surface area contributed by atoms with Crippen LogP contribution in [0.2, 0.25) is 0 Å². The Hall–Kier alpha value is -6.80. The van der Waals surface area contributed by atoms with Crippen molar-refractivity contribution in [3.8, 4) is 0 Å². The van der Waals surface area contributed by atoms with Gasteiger partial charge < -0.3 is 47.2 Å². The average molecular weight is 929 g/mol. The number of carboxylic acids is 3. The van der Waals surface area contributed by atoms with Gasteiger partial charge in [0.25, 0.3) is 0 Å². The molecule has 3 rings (SSSR count). The van der Waals surface area contributed by atoms with Gasteiger partial charge in [-0.05, 0) is 43.2 Å². The minimum Gasteiger partial charge on any atom is -0.481 e. The van der Waals surface area contributed by atoms with E-state index in [-0.39, 0.29) is 12.3 Å². The number of aliphatic carboxylic acids is 3. The number of carbonyl (C=O) groups excluding carboxylic acids is 7. The lowest BCUT2D eigenvalue weighted by Crippen LogP contribution is -2.61. The van der Waals surface area contributed by atoms with Gasteiger partial charge in [-0.3, -0.25) is 43.2 Å². The molecule has 6 atom stereocenters. The van der Waals surface area contributed by atoms with E-state index in [1.807, 2.05) is 0 Å². The fraction of sp³-hybridized carbons (Fsp3) is 0.511. The molecule has 0 saturated heterocycles. The largest absolute Gasteiger partial charge is 0.481 e. The number of amides is 6. The molecule has 1 aliphatic rings. The Morgan fingerprint density at radius 1 is 0.561 bits per heavy atom. The number of hydrogen-bond donors (Lipinski definition) is 9. The summed E-state index contributed by atoms with van der Waals surface area (Å²) in [5.74, 6) is -12.3. The van der Waals surface area contributed by atoms with Crippen molar-refractivity contribution in [3.63, 3.8) is 0 Å². The van der Waals surface area contributed by atoms with Crippen molar-refractivity contribution in [3.05, 3.63) is 71.8 Å². The van der Waals surface area contributed by atoms with Crippen LogP contribution in [0.15, 0.2) is 60.7 Å². The molecule has 19 nitrogen and oxygen atoms in total. The Kier molecular flexibility index (Phi) is 21.8. The van der Waals surface area contributed by atoms with Gasteiger partial charge in [-0.1, -0.05) is 92.8 Å². The van der Waals surface area contributed by atoms with Crippen LogP contribution in [0.1, 0.15) is 108 Å². The molecule has 2 aromatic rings. The fourth-order valence-electron chi connectivity index (χ4n) is 7.73. The van der Waals surface area contributed by atoms with Crippen LogP contribution >= 0.6 is 0 Å². The van der Waals surface area contributed by atoms with Crippen molar-refractivity contribution < 1.29 is 72.0 Å². The number of nitrogens with one attached hydrogen (secondary N) is 6. The predicted molar refractivity (Wildman–Crippen MR) is 230 cm³/mol. The first-order valence-corrected chi connectivity index (χ1v) is 21.6. The molecule has 3 unspecified atom stereocenters. The third kappa shape index (κ3) is 18.4. The molecular weight excluding hydrogens is 871 g/mol. The Morgan fingerprint density at radius 3 is 1.45 bits per heavy atom. The molecule has 2 aromatic carbocycles. The van der Waals surface area contributed by atoms with Crippen LogP contribution in [0.25, 0.3) is 0 Å². The van der Waals surface area contributed by atoms with Crippen LogP contribution in [0.5, 0.6) is 0 Å². The van der Waals surface area contributed by atoms with Gasteiger partial charge in [-0.2, -0.15) is 0 Å². The van der Waals surface area contributed by atoms with E-state index < -0.39 is 146 Å². The van der Waals surface area contributed by atoms with E-state index in [1.165, 1.54) is 0 Å². The predicted octanol–water partition coefficient (Wildman–Crippen LogP) is 2.17. The van der Waals surface area contributed by atoms with Gasteiger partial charge in [0.15, 0.2) is 0 Å². The first-order valence-electron chi connectivity index (χ1n) is 21.6. The SMILES string of the molecule is CC(=O)CC(NC(C)=O)C(=O)N[C@@H](CCC(=O)O)C(=O)NC(C(=O)N[C@@H](CCC(=O)O)C(=O)NC(CC1CCCCC1)C(=O)N[C@@H](CC(F)F)C(=O)O)C(c1ccccc1)c1ccccc1. The van der Waals surface area contributed by atoms with E-state index in [0.717, 1.165) is 33.1 Å². The molecule has 9 N–H and O–H groups in total. The van der Waals surface area contributed by atoms with Crippen LogP contribution in [-0.4, -0.2) is 117 Å². The van der Waals surface area contributed by atoms with Gasteiger partial charge >= 0.3 is 17.9 Å². The summed E-state index contributed by atoms with van der Waals surface area (Å²) in [6.45, 7) is 2.25. The lowest BCUT2D eigenvalue weighted by molar-refractivity contribution is -0.143.